The molecule has 0 radical (unpaired) electrons. The van der Waals surface area contributed by atoms with Crippen LogP contribution in [0.5, 0.6) is 0 Å². The highest BCUT2D eigenvalue weighted by Crippen LogP contribution is 2.64. The van der Waals surface area contributed by atoms with Gasteiger partial charge in [0, 0.05) is 5.57 Å². The number of esters is 1. The standard InChI is InChI=1S/C18H26O3/c1-13(2)14(19)21-16-17(9-5-3-6-10-17)15(20)18(16)11-7-4-8-12-18/h16H,1,3-12H2,2H3. The molecule has 116 valence electrons. The summed E-state index contributed by atoms with van der Waals surface area (Å²) in [6.07, 6.45) is 10.2. The summed E-state index contributed by atoms with van der Waals surface area (Å²) < 4.78 is 5.85. The van der Waals surface area contributed by atoms with Gasteiger partial charge in [-0.2, -0.15) is 0 Å². The van der Waals surface area contributed by atoms with Crippen molar-refractivity contribution in [2.24, 2.45) is 10.8 Å². The smallest absolute Gasteiger partial charge is 0.333 e. The van der Waals surface area contributed by atoms with E-state index in [-0.39, 0.29) is 22.9 Å². The van der Waals surface area contributed by atoms with Crippen molar-refractivity contribution in [3.05, 3.63) is 12.2 Å². The van der Waals surface area contributed by atoms with Gasteiger partial charge in [-0.3, -0.25) is 4.79 Å². The molecule has 3 fully saturated rings. The molecule has 0 aromatic rings. The van der Waals surface area contributed by atoms with Crippen LogP contribution in [0.15, 0.2) is 12.2 Å². The molecule has 0 aliphatic heterocycles. The molecule has 3 nitrogen and oxygen atoms in total. The number of ketones is 1. The molecule has 0 bridgehead atoms. The number of carbonyl (C=O) groups is 2. The molecule has 0 aromatic heterocycles. The third-order valence-electron chi connectivity index (χ3n) is 5.97. The van der Waals surface area contributed by atoms with Crippen LogP contribution in [0.25, 0.3) is 0 Å². The Labute approximate surface area is 127 Å². The molecular formula is C18H26O3. The Hall–Kier alpha value is -1.12. The second kappa shape index (κ2) is 5.26. The van der Waals surface area contributed by atoms with E-state index in [1.165, 1.54) is 12.8 Å². The largest absolute Gasteiger partial charge is 0.457 e. The van der Waals surface area contributed by atoms with Crippen LogP contribution in [-0.4, -0.2) is 17.9 Å². The topological polar surface area (TPSA) is 43.4 Å². The zero-order chi connectivity index (χ0) is 15.1. The van der Waals surface area contributed by atoms with Crippen molar-refractivity contribution in [3.63, 3.8) is 0 Å². The van der Waals surface area contributed by atoms with E-state index in [1.54, 1.807) is 6.92 Å². The minimum Gasteiger partial charge on any atom is -0.457 e. The van der Waals surface area contributed by atoms with Gasteiger partial charge in [-0.25, -0.2) is 4.79 Å². The average Bonchev–Trinajstić information content (AvgIpc) is 2.53. The summed E-state index contributed by atoms with van der Waals surface area (Å²) in [7, 11) is 0. The van der Waals surface area contributed by atoms with Gasteiger partial charge < -0.3 is 4.74 Å². The van der Waals surface area contributed by atoms with E-state index in [2.05, 4.69) is 6.58 Å². The van der Waals surface area contributed by atoms with Crippen molar-refractivity contribution >= 4 is 11.8 Å². The van der Waals surface area contributed by atoms with E-state index in [0.717, 1.165) is 51.4 Å². The second-order valence-electron chi connectivity index (χ2n) is 7.33. The Morgan fingerprint density at radius 1 is 1.00 bits per heavy atom. The molecule has 0 heterocycles. The lowest BCUT2D eigenvalue weighted by Gasteiger charge is -2.62. The quantitative estimate of drug-likeness (QED) is 0.571. The van der Waals surface area contributed by atoms with Crippen molar-refractivity contribution in [1.29, 1.82) is 0 Å². The number of hydrogen-bond donors (Lipinski definition) is 0. The predicted molar refractivity (Wildman–Crippen MR) is 80.7 cm³/mol. The number of rotatable bonds is 2. The first-order valence-corrected chi connectivity index (χ1v) is 8.44. The Morgan fingerprint density at radius 3 is 1.81 bits per heavy atom. The van der Waals surface area contributed by atoms with E-state index in [0.29, 0.717) is 11.4 Å². The van der Waals surface area contributed by atoms with Crippen LogP contribution in [0, 0.1) is 10.8 Å². The Balaban J connectivity index is 1.89. The predicted octanol–water partition coefficient (Wildman–Crippen LogP) is 3.96. The van der Waals surface area contributed by atoms with Crippen LogP contribution in [0.4, 0.5) is 0 Å². The van der Waals surface area contributed by atoms with Gasteiger partial charge in [-0.1, -0.05) is 45.1 Å². The van der Waals surface area contributed by atoms with Gasteiger partial charge in [0.1, 0.15) is 6.10 Å². The molecule has 3 saturated carbocycles. The van der Waals surface area contributed by atoms with E-state index in [1.807, 2.05) is 0 Å². The molecule has 0 atom stereocenters. The van der Waals surface area contributed by atoms with Crippen molar-refractivity contribution in [3.8, 4) is 0 Å². The molecule has 0 saturated heterocycles. The Morgan fingerprint density at radius 2 is 1.43 bits per heavy atom. The summed E-state index contributed by atoms with van der Waals surface area (Å²) in [6.45, 7) is 5.38. The maximum absolute atomic E-state index is 13.1. The molecule has 3 rings (SSSR count). The highest BCUT2D eigenvalue weighted by atomic mass is 16.5. The molecule has 3 heteroatoms. The van der Waals surface area contributed by atoms with Gasteiger partial charge in [0.15, 0.2) is 5.78 Å². The van der Waals surface area contributed by atoms with Crippen LogP contribution in [0.2, 0.25) is 0 Å². The van der Waals surface area contributed by atoms with Gasteiger partial charge in [0.2, 0.25) is 0 Å². The maximum atomic E-state index is 13.1. The van der Waals surface area contributed by atoms with E-state index in [9.17, 15) is 9.59 Å². The number of carbonyl (C=O) groups excluding carboxylic acids is 2. The molecule has 21 heavy (non-hydrogen) atoms. The minimum atomic E-state index is -0.360. The van der Waals surface area contributed by atoms with Crippen molar-refractivity contribution in [2.45, 2.75) is 77.2 Å². The van der Waals surface area contributed by atoms with Gasteiger partial charge in [-0.05, 0) is 32.6 Å². The first-order valence-electron chi connectivity index (χ1n) is 8.44. The summed E-state index contributed by atoms with van der Waals surface area (Å²) in [5.74, 6) is 0.0938. The second-order valence-corrected chi connectivity index (χ2v) is 7.33. The van der Waals surface area contributed by atoms with Crippen molar-refractivity contribution in [1.82, 2.24) is 0 Å². The van der Waals surface area contributed by atoms with Crippen molar-refractivity contribution in [2.75, 3.05) is 0 Å². The van der Waals surface area contributed by atoms with Crippen LogP contribution >= 0.6 is 0 Å². The number of Topliss-reactive ketones (excluding diaryl/α,β-unsaturated/α-hetero) is 1. The molecular weight excluding hydrogens is 264 g/mol. The summed E-state index contributed by atoms with van der Waals surface area (Å²) in [6, 6.07) is 0. The minimum absolute atomic E-state index is 0.192. The average molecular weight is 290 g/mol. The van der Waals surface area contributed by atoms with Crippen molar-refractivity contribution < 1.29 is 14.3 Å². The molecule has 0 N–H and O–H groups in total. The normalized spacial score (nSPS) is 27.4. The van der Waals surface area contributed by atoms with E-state index >= 15 is 0 Å². The number of hydrogen-bond acceptors (Lipinski definition) is 3. The number of ether oxygens (including phenoxy) is 1. The Bertz CT molecular complexity index is 437. The van der Waals surface area contributed by atoms with Crippen LogP contribution in [-0.2, 0) is 14.3 Å². The third kappa shape index (κ3) is 2.08. The van der Waals surface area contributed by atoms with Crippen LogP contribution < -0.4 is 0 Å². The molecule has 3 aliphatic rings. The Kier molecular flexibility index (Phi) is 3.71. The molecule has 3 aliphatic carbocycles. The lowest BCUT2D eigenvalue weighted by Crippen LogP contribution is -2.71. The zero-order valence-corrected chi connectivity index (χ0v) is 13.1. The van der Waals surface area contributed by atoms with Crippen LogP contribution in [0.1, 0.15) is 71.1 Å². The third-order valence-corrected chi connectivity index (χ3v) is 5.97. The highest BCUT2D eigenvalue weighted by molar-refractivity contribution is 6.00. The lowest BCUT2D eigenvalue weighted by molar-refractivity contribution is -0.218. The van der Waals surface area contributed by atoms with Crippen LogP contribution in [0.3, 0.4) is 0 Å². The maximum Gasteiger partial charge on any atom is 0.333 e. The SMILES string of the molecule is C=C(C)C(=O)OC1C2(CCCCC2)C(=O)C12CCCCC2. The first kappa shape index (κ1) is 14.8. The molecule has 0 aromatic carbocycles. The summed E-state index contributed by atoms with van der Waals surface area (Å²) in [5, 5.41) is 0. The first-order chi connectivity index (χ1) is 10.0. The lowest BCUT2D eigenvalue weighted by atomic mass is 9.42. The summed E-state index contributed by atoms with van der Waals surface area (Å²) in [5.41, 5.74) is -0.284. The van der Waals surface area contributed by atoms with Gasteiger partial charge in [0.05, 0.1) is 10.8 Å². The summed E-state index contributed by atoms with van der Waals surface area (Å²) in [4.78, 5) is 25.1. The van der Waals surface area contributed by atoms with E-state index < -0.39 is 0 Å². The van der Waals surface area contributed by atoms with E-state index in [4.69, 9.17) is 4.74 Å². The van der Waals surface area contributed by atoms with Gasteiger partial charge in [0.25, 0.3) is 0 Å². The summed E-state index contributed by atoms with van der Waals surface area (Å²) >= 11 is 0. The molecule has 0 unspecified atom stereocenters. The van der Waals surface area contributed by atoms with Gasteiger partial charge >= 0.3 is 5.97 Å². The fraction of sp³-hybridized carbons (Fsp3) is 0.778. The zero-order valence-electron chi connectivity index (χ0n) is 13.1. The molecule has 0 amide bonds. The molecule has 2 spiro atoms. The van der Waals surface area contributed by atoms with Gasteiger partial charge in [-0.15, -0.1) is 0 Å². The fourth-order valence-electron chi connectivity index (χ4n) is 4.96. The monoisotopic (exact) mass is 290 g/mol. The fourth-order valence-corrected chi connectivity index (χ4v) is 4.96. The highest BCUT2D eigenvalue weighted by Gasteiger charge is 2.71.